The van der Waals surface area contributed by atoms with Crippen molar-refractivity contribution in [2.24, 2.45) is 0 Å². The molecule has 3 rings (SSSR count). The standard InChI is InChI=1S/C18H17N3O4/c1-25-18(22)12-6-7-17(21(23)24)16(10-12)19-9-8-13-11-20-15-5-3-2-4-14(13)15/h2-7,10-11,19-20H,8-9H2,1H3. The van der Waals surface area contributed by atoms with Crippen molar-refractivity contribution < 1.29 is 14.5 Å². The predicted octanol–water partition coefficient (Wildman–Crippen LogP) is 3.52. The number of carbonyl (C=O) groups excluding carboxylic acids is 1. The van der Waals surface area contributed by atoms with Crippen molar-refractivity contribution in [2.75, 3.05) is 19.0 Å². The number of para-hydroxylation sites is 1. The van der Waals surface area contributed by atoms with Crippen molar-refractivity contribution in [3.05, 3.63) is 69.9 Å². The highest BCUT2D eigenvalue weighted by molar-refractivity contribution is 5.91. The van der Waals surface area contributed by atoms with Crippen LogP contribution in [-0.2, 0) is 11.2 Å². The lowest BCUT2D eigenvalue weighted by molar-refractivity contribution is -0.384. The third-order valence-corrected chi connectivity index (χ3v) is 4.00. The number of aromatic nitrogens is 1. The molecule has 1 aromatic heterocycles. The molecular formula is C18H17N3O4. The van der Waals surface area contributed by atoms with Gasteiger partial charge in [-0.25, -0.2) is 4.79 Å². The lowest BCUT2D eigenvalue weighted by Gasteiger charge is -2.08. The van der Waals surface area contributed by atoms with Gasteiger partial charge in [0, 0.05) is 29.7 Å². The summed E-state index contributed by atoms with van der Waals surface area (Å²) in [4.78, 5) is 25.5. The number of nitrogens with zero attached hydrogens (tertiary/aromatic N) is 1. The van der Waals surface area contributed by atoms with Crippen LogP contribution < -0.4 is 5.32 Å². The Morgan fingerprint density at radius 3 is 2.84 bits per heavy atom. The maximum Gasteiger partial charge on any atom is 0.337 e. The third-order valence-electron chi connectivity index (χ3n) is 4.00. The molecule has 2 aromatic carbocycles. The summed E-state index contributed by atoms with van der Waals surface area (Å²) < 4.78 is 4.66. The summed E-state index contributed by atoms with van der Waals surface area (Å²) in [5.41, 5.74) is 2.66. The van der Waals surface area contributed by atoms with Gasteiger partial charge in [-0.15, -0.1) is 0 Å². The van der Waals surface area contributed by atoms with Gasteiger partial charge in [-0.2, -0.15) is 0 Å². The van der Waals surface area contributed by atoms with E-state index in [-0.39, 0.29) is 11.3 Å². The second-order valence-electron chi connectivity index (χ2n) is 5.52. The average Bonchev–Trinajstić information content (AvgIpc) is 3.04. The molecule has 0 unspecified atom stereocenters. The van der Waals surface area contributed by atoms with Crippen molar-refractivity contribution in [3.8, 4) is 0 Å². The Morgan fingerprint density at radius 1 is 1.28 bits per heavy atom. The van der Waals surface area contributed by atoms with Gasteiger partial charge < -0.3 is 15.0 Å². The van der Waals surface area contributed by atoms with Gasteiger partial charge >= 0.3 is 5.97 Å². The molecule has 3 aromatic rings. The minimum Gasteiger partial charge on any atom is -0.465 e. The molecule has 25 heavy (non-hydrogen) atoms. The summed E-state index contributed by atoms with van der Waals surface area (Å²) in [6.45, 7) is 0.493. The van der Waals surface area contributed by atoms with E-state index in [2.05, 4.69) is 15.0 Å². The highest BCUT2D eigenvalue weighted by atomic mass is 16.6. The molecule has 7 nitrogen and oxygen atoms in total. The van der Waals surface area contributed by atoms with Crippen LogP contribution in [0.1, 0.15) is 15.9 Å². The van der Waals surface area contributed by atoms with Gasteiger partial charge in [0.15, 0.2) is 0 Å². The van der Waals surface area contributed by atoms with E-state index >= 15 is 0 Å². The first-order chi connectivity index (χ1) is 12.1. The molecule has 0 aliphatic carbocycles. The van der Waals surface area contributed by atoms with E-state index in [0.29, 0.717) is 18.7 Å². The fraction of sp³-hybridized carbons (Fsp3) is 0.167. The second-order valence-corrected chi connectivity index (χ2v) is 5.52. The largest absolute Gasteiger partial charge is 0.465 e. The van der Waals surface area contributed by atoms with E-state index in [1.165, 1.54) is 25.3 Å². The minimum absolute atomic E-state index is 0.0772. The van der Waals surface area contributed by atoms with E-state index in [0.717, 1.165) is 16.5 Å². The molecule has 2 N–H and O–H groups in total. The number of rotatable bonds is 6. The summed E-state index contributed by atoms with van der Waals surface area (Å²) >= 11 is 0. The zero-order chi connectivity index (χ0) is 17.8. The van der Waals surface area contributed by atoms with Gasteiger partial charge in [-0.3, -0.25) is 10.1 Å². The van der Waals surface area contributed by atoms with E-state index in [9.17, 15) is 14.9 Å². The van der Waals surface area contributed by atoms with Gasteiger partial charge in [0.05, 0.1) is 17.6 Å². The second kappa shape index (κ2) is 7.04. The normalized spacial score (nSPS) is 10.6. The zero-order valence-corrected chi connectivity index (χ0v) is 13.6. The number of carbonyl (C=O) groups is 1. The Balaban J connectivity index is 1.77. The number of benzene rings is 2. The van der Waals surface area contributed by atoms with Crippen molar-refractivity contribution in [1.29, 1.82) is 0 Å². The Hall–Kier alpha value is -3.35. The first kappa shape index (κ1) is 16.5. The first-order valence-electron chi connectivity index (χ1n) is 7.76. The Bertz CT molecular complexity index is 933. The number of fused-ring (bicyclic) bond motifs is 1. The summed E-state index contributed by atoms with van der Waals surface area (Å²) in [6, 6.07) is 12.1. The Labute approximate surface area is 143 Å². The van der Waals surface area contributed by atoms with Gasteiger partial charge in [0.1, 0.15) is 5.69 Å². The molecule has 128 valence electrons. The van der Waals surface area contributed by atoms with Crippen LogP contribution in [0.2, 0.25) is 0 Å². The third kappa shape index (κ3) is 3.45. The number of H-pyrrole nitrogens is 1. The number of hydrogen-bond donors (Lipinski definition) is 2. The first-order valence-corrected chi connectivity index (χ1v) is 7.76. The fourth-order valence-electron chi connectivity index (χ4n) is 2.75. The van der Waals surface area contributed by atoms with Gasteiger partial charge in [0.2, 0.25) is 0 Å². The molecular weight excluding hydrogens is 322 g/mol. The number of hydrogen-bond acceptors (Lipinski definition) is 5. The number of anilines is 1. The molecule has 0 amide bonds. The highest BCUT2D eigenvalue weighted by Gasteiger charge is 2.17. The monoisotopic (exact) mass is 339 g/mol. The summed E-state index contributed by atoms with van der Waals surface area (Å²) in [7, 11) is 1.27. The summed E-state index contributed by atoms with van der Waals surface area (Å²) in [5.74, 6) is -0.533. The van der Waals surface area contributed by atoms with E-state index in [1.54, 1.807) is 0 Å². The van der Waals surface area contributed by atoms with Crippen LogP contribution in [0.3, 0.4) is 0 Å². The summed E-state index contributed by atoms with van der Waals surface area (Å²) in [6.07, 6.45) is 2.62. The van der Waals surface area contributed by atoms with Crippen LogP contribution in [0, 0.1) is 10.1 Å². The minimum atomic E-state index is -0.533. The van der Waals surface area contributed by atoms with Gasteiger partial charge in [-0.05, 0) is 30.2 Å². The molecule has 0 atom stereocenters. The molecule has 0 spiro atoms. The van der Waals surface area contributed by atoms with E-state index in [4.69, 9.17) is 0 Å². The lowest BCUT2D eigenvalue weighted by Crippen LogP contribution is -2.09. The smallest absolute Gasteiger partial charge is 0.337 e. The topological polar surface area (TPSA) is 97.3 Å². The molecule has 0 radical (unpaired) electrons. The van der Waals surface area contributed by atoms with Crippen molar-refractivity contribution in [1.82, 2.24) is 4.98 Å². The van der Waals surface area contributed by atoms with Crippen LogP contribution in [0.4, 0.5) is 11.4 Å². The molecule has 7 heteroatoms. The molecule has 1 heterocycles. The number of nitro groups is 1. The van der Waals surface area contributed by atoms with E-state index < -0.39 is 10.9 Å². The number of nitrogens with one attached hydrogen (secondary N) is 2. The molecule has 0 fully saturated rings. The molecule has 0 aliphatic rings. The van der Waals surface area contributed by atoms with Crippen molar-refractivity contribution in [3.63, 3.8) is 0 Å². The number of nitro benzene ring substituents is 1. The number of ether oxygens (including phenoxy) is 1. The molecule has 0 bridgehead atoms. The maximum absolute atomic E-state index is 11.6. The number of esters is 1. The average molecular weight is 339 g/mol. The number of methoxy groups -OCH3 is 1. The lowest BCUT2D eigenvalue weighted by atomic mass is 10.1. The fourth-order valence-corrected chi connectivity index (χ4v) is 2.75. The van der Waals surface area contributed by atoms with Crippen LogP contribution in [0.15, 0.2) is 48.7 Å². The quantitative estimate of drug-likeness (QED) is 0.407. The Morgan fingerprint density at radius 2 is 2.08 bits per heavy atom. The van der Waals surface area contributed by atoms with Crippen LogP contribution in [-0.4, -0.2) is 29.5 Å². The maximum atomic E-state index is 11.6. The zero-order valence-electron chi connectivity index (χ0n) is 13.6. The van der Waals surface area contributed by atoms with Crippen LogP contribution in [0.5, 0.6) is 0 Å². The predicted molar refractivity (Wildman–Crippen MR) is 94.9 cm³/mol. The molecule has 0 saturated heterocycles. The highest BCUT2D eigenvalue weighted by Crippen LogP contribution is 2.26. The SMILES string of the molecule is COC(=O)c1ccc([N+](=O)[O-])c(NCCc2c[nH]c3ccccc23)c1. The van der Waals surface area contributed by atoms with Crippen molar-refractivity contribution in [2.45, 2.75) is 6.42 Å². The van der Waals surface area contributed by atoms with Crippen LogP contribution in [0.25, 0.3) is 10.9 Å². The Kier molecular flexibility index (Phi) is 4.65. The summed E-state index contributed by atoms with van der Waals surface area (Å²) in [5, 5.41) is 15.4. The number of aromatic amines is 1. The van der Waals surface area contributed by atoms with E-state index in [1.807, 2.05) is 30.5 Å². The van der Waals surface area contributed by atoms with Crippen molar-refractivity contribution >= 4 is 28.2 Å². The molecule has 0 saturated carbocycles. The van der Waals surface area contributed by atoms with Gasteiger partial charge in [0.25, 0.3) is 5.69 Å². The molecule has 0 aliphatic heterocycles. The van der Waals surface area contributed by atoms with Gasteiger partial charge in [-0.1, -0.05) is 18.2 Å². The van der Waals surface area contributed by atoms with Crippen LogP contribution >= 0.6 is 0 Å².